The molecule has 0 bridgehead atoms. The number of benzene rings is 1. The van der Waals surface area contributed by atoms with Crippen molar-refractivity contribution in [2.24, 2.45) is 0 Å². The highest BCUT2D eigenvalue weighted by molar-refractivity contribution is 8.26. The predicted molar refractivity (Wildman–Crippen MR) is 138 cm³/mol. The minimum atomic E-state index is -0.354. The van der Waals surface area contributed by atoms with E-state index in [1.807, 2.05) is 19.1 Å². The van der Waals surface area contributed by atoms with E-state index in [2.05, 4.69) is 4.98 Å². The van der Waals surface area contributed by atoms with E-state index in [9.17, 15) is 9.59 Å². The number of nitrogens with zero attached hydrogens (tertiary/aromatic N) is 3. The van der Waals surface area contributed by atoms with E-state index in [4.69, 9.17) is 26.4 Å². The van der Waals surface area contributed by atoms with Gasteiger partial charge in [0.15, 0.2) is 11.5 Å². The Hall–Kier alpha value is -3.21. The van der Waals surface area contributed by atoms with Crippen LogP contribution in [0.25, 0.3) is 11.7 Å². The maximum atomic E-state index is 13.6. The van der Waals surface area contributed by atoms with Gasteiger partial charge in [0.1, 0.15) is 15.5 Å². The maximum Gasteiger partial charge on any atom is 0.269 e. The van der Waals surface area contributed by atoms with Crippen molar-refractivity contribution in [2.75, 3.05) is 20.3 Å². The van der Waals surface area contributed by atoms with Crippen LogP contribution in [0.2, 0.25) is 0 Å². The highest BCUT2D eigenvalue weighted by Gasteiger charge is 2.35. The summed E-state index contributed by atoms with van der Waals surface area (Å²) in [7, 11) is 1.54. The Labute approximate surface area is 211 Å². The van der Waals surface area contributed by atoms with Crippen molar-refractivity contribution in [2.45, 2.75) is 25.9 Å². The second-order valence-corrected chi connectivity index (χ2v) is 9.88. The van der Waals surface area contributed by atoms with Crippen molar-refractivity contribution < 1.29 is 19.0 Å². The summed E-state index contributed by atoms with van der Waals surface area (Å²) in [6.45, 7) is 2.96. The Morgan fingerprint density at radius 1 is 1.23 bits per heavy atom. The number of ether oxygens (including phenoxy) is 3. The van der Waals surface area contributed by atoms with Crippen LogP contribution >= 0.6 is 24.0 Å². The smallest absolute Gasteiger partial charge is 0.269 e. The molecule has 2 aliphatic heterocycles. The SMILES string of the molecule is COc1ccccc1Oc1nc2c(C)cccn2c(=O)c1/C=C1/SC(=S)N(CC2CCCO2)C1=O. The molecule has 180 valence electrons. The van der Waals surface area contributed by atoms with E-state index < -0.39 is 0 Å². The molecule has 0 aliphatic carbocycles. The number of aromatic nitrogens is 2. The number of carbonyl (C=O) groups excluding carboxylic acids is 1. The van der Waals surface area contributed by atoms with Gasteiger partial charge in [-0.1, -0.05) is 42.2 Å². The van der Waals surface area contributed by atoms with E-state index in [-0.39, 0.29) is 29.0 Å². The Morgan fingerprint density at radius 3 is 2.77 bits per heavy atom. The lowest BCUT2D eigenvalue weighted by molar-refractivity contribution is -0.123. The molecular formula is C25H23N3O5S2. The van der Waals surface area contributed by atoms with Crippen LogP contribution in [0, 0.1) is 6.92 Å². The van der Waals surface area contributed by atoms with Gasteiger partial charge in [-0.2, -0.15) is 4.98 Å². The highest BCUT2D eigenvalue weighted by Crippen LogP contribution is 2.36. The molecule has 35 heavy (non-hydrogen) atoms. The number of hydrogen-bond donors (Lipinski definition) is 0. The molecular weight excluding hydrogens is 486 g/mol. The number of thiocarbonyl (C=S) groups is 1. The molecule has 1 aromatic carbocycles. The van der Waals surface area contributed by atoms with Crippen molar-refractivity contribution >= 4 is 45.9 Å². The zero-order valence-electron chi connectivity index (χ0n) is 19.2. The third-order valence-corrected chi connectivity index (χ3v) is 7.26. The lowest BCUT2D eigenvalue weighted by Gasteiger charge is -2.18. The molecule has 1 atom stereocenters. The van der Waals surface area contributed by atoms with Crippen LogP contribution in [0.15, 0.2) is 52.3 Å². The van der Waals surface area contributed by atoms with Gasteiger partial charge in [0, 0.05) is 12.8 Å². The van der Waals surface area contributed by atoms with Crippen LogP contribution in [0.5, 0.6) is 17.4 Å². The second-order valence-electron chi connectivity index (χ2n) is 8.20. The number of pyridine rings is 1. The topological polar surface area (TPSA) is 82.4 Å². The summed E-state index contributed by atoms with van der Waals surface area (Å²) in [5, 5.41) is 0. The van der Waals surface area contributed by atoms with Crippen molar-refractivity contribution in [3.05, 3.63) is 69.0 Å². The molecule has 0 radical (unpaired) electrons. The predicted octanol–water partition coefficient (Wildman–Crippen LogP) is 4.18. The Bertz CT molecular complexity index is 1410. The standard InChI is InChI=1S/C25H23N3O5S2/c1-15-7-5-11-27-21(15)26-22(33-19-10-4-3-9-18(19)31-2)17(23(27)29)13-20-24(30)28(25(34)35-20)14-16-8-6-12-32-16/h3-5,7,9-11,13,16H,6,8,12,14H2,1-2H3/b20-13+. The third kappa shape index (κ3) is 4.56. The summed E-state index contributed by atoms with van der Waals surface area (Å²) >= 11 is 6.63. The quantitative estimate of drug-likeness (QED) is 0.362. The van der Waals surface area contributed by atoms with Crippen molar-refractivity contribution in [3.63, 3.8) is 0 Å². The summed E-state index contributed by atoms with van der Waals surface area (Å²) < 4.78 is 19.1. The minimum Gasteiger partial charge on any atom is -0.493 e. The fraction of sp³-hybridized carbons (Fsp3) is 0.280. The molecule has 4 heterocycles. The number of methoxy groups -OCH3 is 1. The van der Waals surface area contributed by atoms with Crippen LogP contribution in [-0.2, 0) is 9.53 Å². The van der Waals surface area contributed by atoms with Gasteiger partial charge in [-0.05, 0) is 49.6 Å². The molecule has 0 N–H and O–H groups in total. The zero-order valence-corrected chi connectivity index (χ0v) is 20.9. The fourth-order valence-corrected chi connectivity index (χ4v) is 5.34. The first-order valence-corrected chi connectivity index (χ1v) is 12.4. The number of fused-ring (bicyclic) bond motifs is 1. The number of aryl methyl sites for hydroxylation is 1. The fourth-order valence-electron chi connectivity index (χ4n) is 4.08. The van der Waals surface area contributed by atoms with E-state index in [0.29, 0.717) is 39.5 Å². The molecule has 3 aromatic rings. The Kier molecular flexibility index (Phi) is 6.59. The first kappa shape index (κ1) is 23.5. The summed E-state index contributed by atoms with van der Waals surface area (Å²) in [5.41, 5.74) is 1.07. The van der Waals surface area contributed by atoms with Crippen LogP contribution in [0.3, 0.4) is 0 Å². The number of amides is 1. The summed E-state index contributed by atoms with van der Waals surface area (Å²) in [5.74, 6) is 0.721. The van der Waals surface area contributed by atoms with E-state index >= 15 is 0 Å². The van der Waals surface area contributed by atoms with Crippen molar-refractivity contribution in [1.82, 2.24) is 14.3 Å². The van der Waals surface area contributed by atoms with Gasteiger partial charge in [0.05, 0.1) is 24.7 Å². The summed E-state index contributed by atoms with van der Waals surface area (Å²) in [6.07, 6.45) is 4.99. The van der Waals surface area contributed by atoms with Gasteiger partial charge in [0.25, 0.3) is 11.5 Å². The maximum absolute atomic E-state index is 13.6. The second kappa shape index (κ2) is 9.80. The Balaban J connectivity index is 1.59. The molecule has 8 nitrogen and oxygen atoms in total. The molecule has 5 rings (SSSR count). The van der Waals surface area contributed by atoms with Crippen molar-refractivity contribution in [1.29, 1.82) is 0 Å². The van der Waals surface area contributed by atoms with Gasteiger partial charge in [-0.3, -0.25) is 18.9 Å². The number of thioether (sulfide) groups is 1. The van der Waals surface area contributed by atoms with Crippen LogP contribution < -0.4 is 15.0 Å². The lowest BCUT2D eigenvalue weighted by Crippen LogP contribution is -2.35. The van der Waals surface area contributed by atoms with Crippen LogP contribution in [0.1, 0.15) is 24.0 Å². The third-order valence-electron chi connectivity index (χ3n) is 5.88. The van der Waals surface area contributed by atoms with E-state index in [0.717, 1.165) is 30.2 Å². The van der Waals surface area contributed by atoms with Gasteiger partial charge in [-0.25, -0.2) is 0 Å². The Morgan fingerprint density at radius 2 is 2.03 bits per heavy atom. The largest absolute Gasteiger partial charge is 0.493 e. The van der Waals surface area contributed by atoms with E-state index in [1.54, 1.807) is 35.4 Å². The molecule has 2 saturated heterocycles. The van der Waals surface area contributed by atoms with Gasteiger partial charge < -0.3 is 14.2 Å². The molecule has 2 aliphatic rings. The molecule has 2 fully saturated rings. The number of hydrogen-bond acceptors (Lipinski definition) is 8. The first-order valence-electron chi connectivity index (χ1n) is 11.2. The summed E-state index contributed by atoms with van der Waals surface area (Å²) in [4.78, 5) is 33.3. The number of rotatable bonds is 6. The molecule has 0 spiro atoms. The molecule has 0 saturated carbocycles. The monoisotopic (exact) mass is 509 g/mol. The first-order chi connectivity index (χ1) is 17.0. The normalized spacial score (nSPS) is 19.2. The lowest BCUT2D eigenvalue weighted by atomic mass is 10.2. The zero-order chi connectivity index (χ0) is 24.5. The minimum absolute atomic E-state index is 0.0303. The molecule has 2 aromatic heterocycles. The van der Waals surface area contributed by atoms with Gasteiger partial charge >= 0.3 is 0 Å². The van der Waals surface area contributed by atoms with E-state index in [1.165, 1.54) is 17.6 Å². The molecule has 1 unspecified atom stereocenters. The van der Waals surface area contributed by atoms with Crippen LogP contribution in [0.4, 0.5) is 0 Å². The van der Waals surface area contributed by atoms with Gasteiger partial charge in [0.2, 0.25) is 5.88 Å². The summed E-state index contributed by atoms with van der Waals surface area (Å²) in [6, 6.07) is 10.7. The van der Waals surface area contributed by atoms with Crippen LogP contribution in [-0.4, -0.2) is 50.9 Å². The average Bonchev–Trinajstić information content (AvgIpc) is 3.46. The van der Waals surface area contributed by atoms with Crippen molar-refractivity contribution in [3.8, 4) is 17.4 Å². The number of para-hydroxylation sites is 2. The number of carbonyl (C=O) groups is 1. The molecule has 1 amide bonds. The average molecular weight is 510 g/mol. The highest BCUT2D eigenvalue weighted by atomic mass is 32.2. The van der Waals surface area contributed by atoms with Gasteiger partial charge in [-0.15, -0.1) is 0 Å². The molecule has 10 heteroatoms.